The van der Waals surface area contributed by atoms with Crippen LogP contribution in [0, 0.1) is 5.92 Å². The summed E-state index contributed by atoms with van der Waals surface area (Å²) >= 11 is 0. The Bertz CT molecular complexity index is 409. The molecule has 2 fully saturated rings. The zero-order chi connectivity index (χ0) is 14.0. The summed E-state index contributed by atoms with van der Waals surface area (Å²) in [5, 5.41) is 2.91. The lowest BCUT2D eigenvalue weighted by Crippen LogP contribution is -2.56. The van der Waals surface area contributed by atoms with Crippen LogP contribution >= 0.6 is 0 Å². The van der Waals surface area contributed by atoms with Crippen LogP contribution in [0.4, 0.5) is 0 Å². The van der Waals surface area contributed by atoms with E-state index in [1.165, 1.54) is 0 Å². The van der Waals surface area contributed by atoms with Gasteiger partial charge in [0.25, 0.3) is 0 Å². The van der Waals surface area contributed by atoms with E-state index in [9.17, 15) is 13.8 Å². The number of hydrogen-bond acceptors (Lipinski definition) is 3. The first-order chi connectivity index (χ1) is 8.93. The maximum absolute atomic E-state index is 12.6. The van der Waals surface area contributed by atoms with Crippen molar-refractivity contribution in [2.75, 3.05) is 25.1 Å². The Kier molecular flexibility index (Phi) is 4.28. The Morgan fingerprint density at radius 3 is 2.68 bits per heavy atom. The first-order valence-corrected chi connectivity index (χ1v) is 8.56. The summed E-state index contributed by atoms with van der Waals surface area (Å²) in [5.74, 6) is 0.877. The summed E-state index contributed by atoms with van der Waals surface area (Å²) < 4.78 is 11.1. The fraction of sp³-hybridized carbons (Fsp3) is 0.846. The fourth-order valence-electron chi connectivity index (χ4n) is 2.68. The molecule has 19 heavy (non-hydrogen) atoms. The van der Waals surface area contributed by atoms with Crippen LogP contribution in [0.2, 0.25) is 0 Å². The van der Waals surface area contributed by atoms with Crippen molar-refractivity contribution < 1.29 is 13.8 Å². The maximum Gasteiger partial charge on any atom is 0.248 e. The molecule has 1 heterocycles. The largest absolute Gasteiger partial charge is 0.342 e. The van der Waals surface area contributed by atoms with Gasteiger partial charge in [0.15, 0.2) is 0 Å². The summed E-state index contributed by atoms with van der Waals surface area (Å²) in [7, 11) is -0.829. The minimum absolute atomic E-state index is 0.0303. The maximum atomic E-state index is 12.6. The van der Waals surface area contributed by atoms with Crippen molar-refractivity contribution in [1.29, 1.82) is 0 Å². The van der Waals surface area contributed by atoms with E-state index in [-0.39, 0.29) is 17.7 Å². The molecule has 0 aromatic heterocycles. The molecule has 2 atom stereocenters. The minimum atomic E-state index is -0.829. The van der Waals surface area contributed by atoms with Crippen LogP contribution in [0.1, 0.15) is 32.6 Å². The number of nitrogens with one attached hydrogen (secondary N) is 1. The Balaban J connectivity index is 2.04. The van der Waals surface area contributed by atoms with E-state index in [0.29, 0.717) is 25.3 Å². The molecule has 5 nitrogen and oxygen atoms in total. The van der Waals surface area contributed by atoms with Crippen LogP contribution in [-0.4, -0.2) is 51.6 Å². The number of rotatable bonds is 5. The average Bonchev–Trinajstić information content (AvgIpc) is 3.15. The monoisotopic (exact) mass is 286 g/mol. The van der Waals surface area contributed by atoms with Gasteiger partial charge in [-0.15, -0.1) is 0 Å². The molecular formula is C13H22N2O3S. The van der Waals surface area contributed by atoms with Crippen molar-refractivity contribution in [2.45, 2.75) is 38.1 Å². The van der Waals surface area contributed by atoms with E-state index < -0.39 is 16.3 Å². The Morgan fingerprint density at radius 1 is 1.42 bits per heavy atom. The topological polar surface area (TPSA) is 66.5 Å². The zero-order valence-corrected chi connectivity index (χ0v) is 12.4. The number of hydrogen-bond donors (Lipinski definition) is 1. The van der Waals surface area contributed by atoms with Crippen molar-refractivity contribution in [2.24, 2.45) is 5.92 Å². The number of carbonyl (C=O) groups is 2. The van der Waals surface area contributed by atoms with Crippen molar-refractivity contribution in [3.63, 3.8) is 0 Å². The molecule has 1 aliphatic heterocycles. The zero-order valence-electron chi connectivity index (χ0n) is 11.6. The molecule has 0 radical (unpaired) electrons. The summed E-state index contributed by atoms with van der Waals surface area (Å²) in [5.41, 5.74) is -0.723. The normalized spacial score (nSPS) is 29.9. The summed E-state index contributed by atoms with van der Waals surface area (Å²) in [4.78, 5) is 26.1. The molecule has 2 aliphatic rings. The summed E-state index contributed by atoms with van der Waals surface area (Å²) in [6.07, 6.45) is 4.78. The van der Waals surface area contributed by atoms with Gasteiger partial charge in [0.1, 0.15) is 5.54 Å². The summed E-state index contributed by atoms with van der Waals surface area (Å²) in [6, 6.07) is 0. The molecule has 1 aliphatic carbocycles. The molecule has 1 N–H and O–H groups in total. The van der Waals surface area contributed by atoms with E-state index >= 15 is 0 Å². The van der Waals surface area contributed by atoms with Gasteiger partial charge in [0, 0.05) is 42.3 Å². The second-order valence-electron chi connectivity index (χ2n) is 5.70. The molecule has 2 unspecified atom stereocenters. The van der Waals surface area contributed by atoms with Crippen molar-refractivity contribution in [3.05, 3.63) is 0 Å². The molecular weight excluding hydrogens is 264 g/mol. The predicted molar refractivity (Wildman–Crippen MR) is 74.0 cm³/mol. The third kappa shape index (κ3) is 3.35. The molecule has 2 rings (SSSR count). The highest BCUT2D eigenvalue weighted by Crippen LogP contribution is 2.41. The van der Waals surface area contributed by atoms with Gasteiger partial charge in [-0.3, -0.25) is 13.8 Å². The lowest BCUT2D eigenvalue weighted by atomic mass is 9.94. The van der Waals surface area contributed by atoms with E-state index in [4.69, 9.17) is 0 Å². The van der Waals surface area contributed by atoms with E-state index in [1.54, 1.807) is 11.2 Å². The number of nitrogens with zero attached hydrogens (tertiary/aromatic N) is 1. The standard InChI is InChI=1S/C13H22N2O3S/c1-13(10-4-5-10)12(17)15(7-3-9-19(2)18)8-6-11(16)14-13/h10H,3-9H2,1-2H3,(H,14,16). The van der Waals surface area contributed by atoms with Gasteiger partial charge < -0.3 is 10.2 Å². The van der Waals surface area contributed by atoms with Crippen LogP contribution in [0.3, 0.4) is 0 Å². The van der Waals surface area contributed by atoms with Crippen LogP contribution in [-0.2, 0) is 20.4 Å². The molecule has 0 aromatic rings. The summed E-state index contributed by atoms with van der Waals surface area (Å²) in [6.45, 7) is 2.92. The van der Waals surface area contributed by atoms with Gasteiger partial charge in [-0.1, -0.05) is 0 Å². The second kappa shape index (κ2) is 5.61. The minimum Gasteiger partial charge on any atom is -0.342 e. The Labute approximate surface area is 116 Å². The molecule has 0 spiro atoms. The molecule has 1 saturated heterocycles. The highest BCUT2D eigenvalue weighted by atomic mass is 32.2. The number of carbonyl (C=O) groups excluding carboxylic acids is 2. The van der Waals surface area contributed by atoms with Crippen molar-refractivity contribution >= 4 is 22.6 Å². The van der Waals surface area contributed by atoms with Gasteiger partial charge in [-0.2, -0.15) is 0 Å². The molecule has 1 saturated carbocycles. The van der Waals surface area contributed by atoms with Crippen LogP contribution in [0.15, 0.2) is 0 Å². The van der Waals surface area contributed by atoms with E-state index in [2.05, 4.69) is 5.32 Å². The fourth-order valence-corrected chi connectivity index (χ4v) is 3.22. The smallest absolute Gasteiger partial charge is 0.248 e. The third-order valence-corrected chi connectivity index (χ3v) is 4.86. The Hall–Kier alpha value is -0.910. The van der Waals surface area contributed by atoms with E-state index in [1.807, 2.05) is 6.92 Å². The third-order valence-electron chi connectivity index (χ3n) is 3.99. The highest BCUT2D eigenvalue weighted by Gasteiger charge is 2.50. The molecule has 2 amide bonds. The van der Waals surface area contributed by atoms with Crippen LogP contribution in [0.5, 0.6) is 0 Å². The molecule has 0 aromatic carbocycles. The molecule has 6 heteroatoms. The van der Waals surface area contributed by atoms with E-state index in [0.717, 1.165) is 19.3 Å². The predicted octanol–water partition coefficient (Wildman–Crippen LogP) is 0.272. The quantitative estimate of drug-likeness (QED) is 0.789. The van der Waals surface area contributed by atoms with Crippen LogP contribution in [0.25, 0.3) is 0 Å². The molecule has 108 valence electrons. The van der Waals surface area contributed by atoms with Gasteiger partial charge in [-0.25, -0.2) is 0 Å². The SMILES string of the molecule is CS(=O)CCCN1CCC(=O)NC(C)(C2CC2)C1=O. The van der Waals surface area contributed by atoms with Gasteiger partial charge in [0.05, 0.1) is 0 Å². The highest BCUT2D eigenvalue weighted by molar-refractivity contribution is 7.84. The van der Waals surface area contributed by atoms with Gasteiger partial charge in [0.2, 0.25) is 11.8 Å². The first kappa shape index (κ1) is 14.5. The number of amides is 2. The van der Waals surface area contributed by atoms with Gasteiger partial charge in [-0.05, 0) is 32.1 Å². The van der Waals surface area contributed by atoms with Crippen molar-refractivity contribution in [1.82, 2.24) is 10.2 Å². The lowest BCUT2D eigenvalue weighted by molar-refractivity contribution is -0.139. The second-order valence-corrected chi connectivity index (χ2v) is 7.25. The lowest BCUT2D eigenvalue weighted by Gasteiger charge is -2.32. The molecule has 0 bridgehead atoms. The Morgan fingerprint density at radius 2 is 2.11 bits per heavy atom. The van der Waals surface area contributed by atoms with Crippen molar-refractivity contribution in [3.8, 4) is 0 Å². The average molecular weight is 286 g/mol. The first-order valence-electron chi connectivity index (χ1n) is 6.84. The van der Waals surface area contributed by atoms with Crippen LogP contribution < -0.4 is 5.32 Å². The van der Waals surface area contributed by atoms with Gasteiger partial charge >= 0.3 is 0 Å².